The Bertz CT molecular complexity index is 700. The number of ether oxygens (including phenoxy) is 1. The molecule has 2 aromatic rings. The zero-order valence-corrected chi connectivity index (χ0v) is 14.5. The predicted octanol–water partition coefficient (Wildman–Crippen LogP) is 1.84. The van der Waals surface area contributed by atoms with E-state index in [0.29, 0.717) is 11.5 Å². The van der Waals surface area contributed by atoms with Gasteiger partial charge in [0.05, 0.1) is 17.3 Å². The minimum atomic E-state index is -0.115. The lowest BCUT2D eigenvalue weighted by molar-refractivity contribution is 0.0498. The third-order valence-corrected chi connectivity index (χ3v) is 4.65. The number of rotatable bonds is 5. The van der Waals surface area contributed by atoms with Gasteiger partial charge in [-0.15, -0.1) is 0 Å². The molecule has 24 heavy (non-hydrogen) atoms. The Morgan fingerprint density at radius 1 is 1.46 bits per heavy atom. The van der Waals surface area contributed by atoms with Crippen molar-refractivity contribution in [2.24, 2.45) is 13.0 Å². The van der Waals surface area contributed by atoms with E-state index < -0.39 is 0 Å². The lowest BCUT2D eigenvalue weighted by Crippen LogP contribution is -2.37. The number of carbonyl (C=O) groups is 1. The number of aryl methyl sites for hydroxylation is 3. The Morgan fingerprint density at radius 3 is 2.83 bits per heavy atom. The van der Waals surface area contributed by atoms with Crippen molar-refractivity contribution in [2.75, 3.05) is 13.2 Å². The Balaban J connectivity index is 1.87. The molecule has 7 nitrogen and oxygen atoms in total. The van der Waals surface area contributed by atoms with Gasteiger partial charge in [0.1, 0.15) is 5.82 Å². The molecule has 1 unspecified atom stereocenters. The number of imidazole rings is 1. The molecule has 2 aromatic heterocycles. The van der Waals surface area contributed by atoms with E-state index >= 15 is 0 Å². The van der Waals surface area contributed by atoms with Gasteiger partial charge >= 0.3 is 0 Å². The van der Waals surface area contributed by atoms with Crippen LogP contribution in [-0.2, 0) is 18.3 Å². The zero-order valence-electron chi connectivity index (χ0n) is 14.5. The SMILES string of the molecule is CCn1ccnc1C(NC(=O)c1cn(C)nc1C)C1CCOCC1. The summed E-state index contributed by atoms with van der Waals surface area (Å²) in [7, 11) is 1.82. The average molecular weight is 331 g/mol. The molecule has 0 aliphatic carbocycles. The Hall–Kier alpha value is -2.15. The van der Waals surface area contributed by atoms with E-state index in [-0.39, 0.29) is 11.9 Å². The van der Waals surface area contributed by atoms with Crippen LogP contribution in [0.3, 0.4) is 0 Å². The number of carbonyl (C=O) groups excluding carboxylic acids is 1. The molecule has 1 aliphatic heterocycles. The van der Waals surface area contributed by atoms with Gasteiger partial charge in [0.25, 0.3) is 5.91 Å². The molecule has 7 heteroatoms. The Kier molecular flexibility index (Phi) is 4.99. The van der Waals surface area contributed by atoms with Crippen LogP contribution >= 0.6 is 0 Å². The van der Waals surface area contributed by atoms with Crippen LogP contribution in [0.2, 0.25) is 0 Å². The topological polar surface area (TPSA) is 74.0 Å². The molecular weight excluding hydrogens is 306 g/mol. The first-order valence-corrected chi connectivity index (χ1v) is 8.50. The second kappa shape index (κ2) is 7.17. The van der Waals surface area contributed by atoms with Crippen LogP contribution in [0.5, 0.6) is 0 Å². The molecule has 130 valence electrons. The van der Waals surface area contributed by atoms with E-state index in [1.54, 1.807) is 17.1 Å². The Morgan fingerprint density at radius 2 is 2.21 bits per heavy atom. The second-order valence-corrected chi connectivity index (χ2v) is 6.27. The van der Waals surface area contributed by atoms with Gasteiger partial charge in [-0.25, -0.2) is 4.98 Å². The molecule has 1 atom stereocenters. The van der Waals surface area contributed by atoms with Gasteiger partial charge in [0.2, 0.25) is 0 Å². The van der Waals surface area contributed by atoms with Gasteiger partial charge in [0.15, 0.2) is 0 Å². The summed E-state index contributed by atoms with van der Waals surface area (Å²) in [6.45, 7) is 6.23. The largest absolute Gasteiger partial charge is 0.381 e. The van der Waals surface area contributed by atoms with E-state index in [2.05, 4.69) is 26.9 Å². The van der Waals surface area contributed by atoms with E-state index in [9.17, 15) is 4.79 Å². The fourth-order valence-electron chi connectivity index (χ4n) is 3.35. The van der Waals surface area contributed by atoms with Crippen LogP contribution < -0.4 is 5.32 Å². The van der Waals surface area contributed by atoms with E-state index in [1.165, 1.54) is 0 Å². The molecule has 3 rings (SSSR count). The van der Waals surface area contributed by atoms with Crippen LogP contribution in [0.1, 0.15) is 47.7 Å². The van der Waals surface area contributed by atoms with Crippen LogP contribution in [-0.4, -0.2) is 38.5 Å². The first-order valence-electron chi connectivity index (χ1n) is 8.50. The molecule has 0 aromatic carbocycles. The van der Waals surface area contributed by atoms with Crippen molar-refractivity contribution in [2.45, 2.75) is 39.3 Å². The Labute approximate surface area is 142 Å². The lowest BCUT2D eigenvalue weighted by Gasteiger charge is -2.30. The van der Waals surface area contributed by atoms with Gasteiger partial charge in [-0.05, 0) is 32.6 Å². The molecular formula is C17H25N5O2. The molecule has 0 radical (unpaired) electrons. The summed E-state index contributed by atoms with van der Waals surface area (Å²) in [5.74, 6) is 1.15. The van der Waals surface area contributed by atoms with Crippen molar-refractivity contribution in [1.29, 1.82) is 0 Å². The van der Waals surface area contributed by atoms with Crippen molar-refractivity contribution in [3.8, 4) is 0 Å². The highest BCUT2D eigenvalue weighted by Gasteiger charge is 2.30. The van der Waals surface area contributed by atoms with Gasteiger partial charge in [0, 0.05) is 45.4 Å². The molecule has 1 N–H and O–H groups in total. The predicted molar refractivity (Wildman–Crippen MR) is 89.6 cm³/mol. The van der Waals surface area contributed by atoms with E-state index in [1.807, 2.05) is 20.2 Å². The first-order chi connectivity index (χ1) is 11.6. The van der Waals surface area contributed by atoms with Crippen molar-refractivity contribution in [3.05, 3.63) is 35.7 Å². The van der Waals surface area contributed by atoms with Crippen LogP contribution in [0.4, 0.5) is 0 Å². The maximum atomic E-state index is 12.8. The summed E-state index contributed by atoms with van der Waals surface area (Å²) in [6, 6.07) is -0.115. The van der Waals surface area contributed by atoms with Crippen molar-refractivity contribution < 1.29 is 9.53 Å². The maximum absolute atomic E-state index is 12.8. The van der Waals surface area contributed by atoms with Crippen LogP contribution in [0, 0.1) is 12.8 Å². The highest BCUT2D eigenvalue weighted by Crippen LogP contribution is 2.29. The summed E-state index contributed by atoms with van der Waals surface area (Å²) in [4.78, 5) is 17.3. The molecule has 1 saturated heterocycles. The number of aromatic nitrogens is 4. The molecule has 0 saturated carbocycles. The third kappa shape index (κ3) is 3.36. The summed E-state index contributed by atoms with van der Waals surface area (Å²) < 4.78 is 9.24. The highest BCUT2D eigenvalue weighted by molar-refractivity contribution is 5.95. The molecule has 3 heterocycles. The summed E-state index contributed by atoms with van der Waals surface area (Å²) in [6.07, 6.45) is 7.37. The maximum Gasteiger partial charge on any atom is 0.255 e. The first kappa shape index (κ1) is 16.7. The van der Waals surface area contributed by atoms with Gasteiger partial charge < -0.3 is 14.6 Å². The summed E-state index contributed by atoms with van der Waals surface area (Å²) in [5.41, 5.74) is 1.35. The van der Waals surface area contributed by atoms with Crippen LogP contribution in [0.15, 0.2) is 18.6 Å². The minimum absolute atomic E-state index is 0.0947. The zero-order chi connectivity index (χ0) is 17.1. The summed E-state index contributed by atoms with van der Waals surface area (Å²) in [5, 5.41) is 7.47. The highest BCUT2D eigenvalue weighted by atomic mass is 16.5. The van der Waals surface area contributed by atoms with E-state index in [4.69, 9.17) is 4.74 Å². The number of hydrogen-bond acceptors (Lipinski definition) is 4. The third-order valence-electron chi connectivity index (χ3n) is 4.65. The van der Waals surface area contributed by atoms with Gasteiger partial charge in [-0.2, -0.15) is 5.10 Å². The minimum Gasteiger partial charge on any atom is -0.381 e. The smallest absolute Gasteiger partial charge is 0.255 e. The molecule has 0 spiro atoms. The number of amides is 1. The standard InChI is InChI=1S/C17H25N5O2/c1-4-22-8-7-18-16(22)15(13-5-9-24-10-6-13)19-17(23)14-11-21(3)20-12(14)2/h7-8,11,13,15H,4-6,9-10H2,1-3H3,(H,19,23). The number of hydrogen-bond donors (Lipinski definition) is 1. The quantitative estimate of drug-likeness (QED) is 0.907. The summed E-state index contributed by atoms with van der Waals surface area (Å²) >= 11 is 0. The van der Waals surface area contributed by atoms with E-state index in [0.717, 1.165) is 44.1 Å². The normalized spacial score (nSPS) is 17.0. The fourth-order valence-corrected chi connectivity index (χ4v) is 3.35. The monoisotopic (exact) mass is 331 g/mol. The molecule has 0 bridgehead atoms. The van der Waals surface area contributed by atoms with Gasteiger partial charge in [-0.3, -0.25) is 9.48 Å². The average Bonchev–Trinajstić information content (AvgIpc) is 3.19. The van der Waals surface area contributed by atoms with Crippen molar-refractivity contribution >= 4 is 5.91 Å². The molecule has 1 fully saturated rings. The number of nitrogens with zero attached hydrogens (tertiary/aromatic N) is 4. The van der Waals surface area contributed by atoms with Crippen molar-refractivity contribution in [1.82, 2.24) is 24.6 Å². The van der Waals surface area contributed by atoms with Gasteiger partial charge in [-0.1, -0.05) is 0 Å². The fraction of sp³-hybridized carbons (Fsp3) is 0.588. The number of nitrogens with one attached hydrogen (secondary N) is 1. The van der Waals surface area contributed by atoms with Crippen LogP contribution in [0.25, 0.3) is 0 Å². The lowest BCUT2D eigenvalue weighted by atomic mass is 9.90. The molecule has 1 amide bonds. The molecule has 1 aliphatic rings. The van der Waals surface area contributed by atoms with Crippen molar-refractivity contribution in [3.63, 3.8) is 0 Å². The second-order valence-electron chi connectivity index (χ2n) is 6.27.